The van der Waals surface area contributed by atoms with E-state index in [0.717, 1.165) is 5.56 Å². The van der Waals surface area contributed by atoms with Gasteiger partial charge in [-0.1, -0.05) is 36.4 Å². The van der Waals surface area contributed by atoms with E-state index in [1.54, 1.807) is 6.08 Å². The number of benzene rings is 1. The first-order chi connectivity index (χ1) is 12.2. The first kappa shape index (κ1) is 20.0. The third kappa shape index (κ3) is 5.90. The first-order valence-corrected chi connectivity index (χ1v) is 9.06. The normalized spacial score (nSPS) is 22.5. The SMILES string of the molecule is C=CCC1(NC(=O)OC(C)(C)C)CCC(C(=O)OCc2ccccc2)C1. The van der Waals surface area contributed by atoms with Crippen LogP contribution < -0.4 is 5.32 Å². The van der Waals surface area contributed by atoms with Crippen molar-refractivity contribution >= 4 is 12.1 Å². The number of amides is 1. The standard InChI is InChI=1S/C21H29NO4/c1-5-12-21(22-19(24)26-20(2,3)4)13-11-17(14-21)18(23)25-15-16-9-7-6-8-10-16/h5-10,17H,1,11-15H2,2-4H3,(H,22,24). The molecule has 0 saturated heterocycles. The molecule has 0 spiro atoms. The smallest absolute Gasteiger partial charge is 0.408 e. The molecule has 0 aliphatic heterocycles. The minimum absolute atomic E-state index is 0.217. The second kappa shape index (κ2) is 8.39. The van der Waals surface area contributed by atoms with Crippen LogP contribution in [-0.2, 0) is 20.9 Å². The van der Waals surface area contributed by atoms with Crippen molar-refractivity contribution in [1.29, 1.82) is 0 Å². The molecule has 2 rings (SSSR count). The average Bonchev–Trinajstić information content (AvgIpc) is 2.96. The fourth-order valence-corrected chi connectivity index (χ4v) is 3.32. The van der Waals surface area contributed by atoms with Crippen LogP contribution in [0.4, 0.5) is 4.79 Å². The largest absolute Gasteiger partial charge is 0.461 e. The number of alkyl carbamates (subject to hydrolysis) is 1. The second-order valence-corrected chi connectivity index (χ2v) is 7.93. The van der Waals surface area contributed by atoms with Crippen LogP contribution in [0, 0.1) is 5.92 Å². The highest BCUT2D eigenvalue weighted by molar-refractivity contribution is 5.74. The zero-order valence-electron chi connectivity index (χ0n) is 15.9. The summed E-state index contributed by atoms with van der Waals surface area (Å²) in [5, 5.41) is 2.97. The molecule has 0 radical (unpaired) electrons. The zero-order chi connectivity index (χ0) is 19.2. The van der Waals surface area contributed by atoms with E-state index in [1.165, 1.54) is 0 Å². The number of carbonyl (C=O) groups excluding carboxylic acids is 2. The molecule has 26 heavy (non-hydrogen) atoms. The maximum absolute atomic E-state index is 12.4. The lowest BCUT2D eigenvalue weighted by atomic mass is 9.92. The van der Waals surface area contributed by atoms with Crippen molar-refractivity contribution in [3.8, 4) is 0 Å². The summed E-state index contributed by atoms with van der Waals surface area (Å²) in [5.74, 6) is -0.445. The van der Waals surface area contributed by atoms with Gasteiger partial charge in [0.2, 0.25) is 0 Å². The highest BCUT2D eigenvalue weighted by atomic mass is 16.6. The topological polar surface area (TPSA) is 64.6 Å². The molecule has 142 valence electrons. The van der Waals surface area contributed by atoms with E-state index >= 15 is 0 Å². The number of nitrogens with one attached hydrogen (secondary N) is 1. The van der Waals surface area contributed by atoms with Crippen LogP contribution in [0.25, 0.3) is 0 Å². The van der Waals surface area contributed by atoms with E-state index in [2.05, 4.69) is 11.9 Å². The fourth-order valence-electron chi connectivity index (χ4n) is 3.32. The maximum atomic E-state index is 12.4. The molecule has 1 N–H and O–H groups in total. The van der Waals surface area contributed by atoms with Crippen LogP contribution >= 0.6 is 0 Å². The quantitative estimate of drug-likeness (QED) is 0.605. The predicted octanol–water partition coefficient (Wildman–Crippen LogP) is 4.37. The summed E-state index contributed by atoms with van der Waals surface area (Å²) in [6, 6.07) is 9.60. The molecular formula is C21H29NO4. The van der Waals surface area contributed by atoms with Gasteiger partial charge in [0.1, 0.15) is 12.2 Å². The van der Waals surface area contributed by atoms with Crippen molar-refractivity contribution in [3.63, 3.8) is 0 Å². The molecule has 1 aromatic rings. The number of ether oxygens (including phenoxy) is 2. The monoisotopic (exact) mass is 359 g/mol. The van der Waals surface area contributed by atoms with Gasteiger partial charge in [-0.05, 0) is 52.0 Å². The molecule has 1 aliphatic carbocycles. The fraction of sp³-hybridized carbons (Fsp3) is 0.524. The number of hydrogen-bond donors (Lipinski definition) is 1. The Morgan fingerprint density at radius 3 is 2.62 bits per heavy atom. The van der Waals surface area contributed by atoms with Gasteiger partial charge in [0.25, 0.3) is 0 Å². The Balaban J connectivity index is 1.93. The summed E-state index contributed by atoms with van der Waals surface area (Å²) in [5.41, 5.74) is -0.102. The third-order valence-corrected chi connectivity index (χ3v) is 4.47. The molecule has 0 aromatic heterocycles. The molecule has 1 aromatic carbocycles. The lowest BCUT2D eigenvalue weighted by molar-refractivity contribution is -0.149. The average molecular weight is 359 g/mol. The molecular weight excluding hydrogens is 330 g/mol. The van der Waals surface area contributed by atoms with Crippen LogP contribution in [0.15, 0.2) is 43.0 Å². The van der Waals surface area contributed by atoms with E-state index in [-0.39, 0.29) is 18.5 Å². The Hall–Kier alpha value is -2.30. The van der Waals surface area contributed by atoms with Gasteiger partial charge in [0.05, 0.1) is 5.92 Å². The summed E-state index contributed by atoms with van der Waals surface area (Å²) in [4.78, 5) is 24.6. The molecule has 2 atom stereocenters. The molecule has 1 fully saturated rings. The molecule has 1 saturated carbocycles. The summed E-state index contributed by atoms with van der Waals surface area (Å²) in [7, 11) is 0. The summed E-state index contributed by atoms with van der Waals surface area (Å²) in [6.07, 6.45) is 3.81. The van der Waals surface area contributed by atoms with Gasteiger partial charge in [-0.15, -0.1) is 6.58 Å². The molecule has 0 heterocycles. The van der Waals surface area contributed by atoms with Crippen molar-refractivity contribution in [2.45, 2.75) is 64.2 Å². The van der Waals surface area contributed by atoms with Crippen molar-refractivity contribution in [1.82, 2.24) is 5.32 Å². The molecule has 1 aliphatic rings. The number of esters is 1. The minimum Gasteiger partial charge on any atom is -0.461 e. The highest BCUT2D eigenvalue weighted by Gasteiger charge is 2.43. The van der Waals surface area contributed by atoms with Crippen molar-refractivity contribution in [3.05, 3.63) is 48.6 Å². The number of rotatable bonds is 6. The van der Waals surface area contributed by atoms with Crippen LogP contribution in [0.5, 0.6) is 0 Å². The van der Waals surface area contributed by atoms with Crippen molar-refractivity contribution in [2.24, 2.45) is 5.92 Å². The zero-order valence-corrected chi connectivity index (χ0v) is 15.9. The second-order valence-electron chi connectivity index (χ2n) is 7.93. The van der Waals surface area contributed by atoms with Gasteiger partial charge >= 0.3 is 12.1 Å². The van der Waals surface area contributed by atoms with Gasteiger partial charge in [-0.3, -0.25) is 4.79 Å². The summed E-state index contributed by atoms with van der Waals surface area (Å²) >= 11 is 0. The van der Waals surface area contributed by atoms with Gasteiger partial charge in [-0.25, -0.2) is 4.79 Å². The van der Waals surface area contributed by atoms with Crippen LogP contribution in [0.1, 0.15) is 52.0 Å². The van der Waals surface area contributed by atoms with E-state index in [9.17, 15) is 9.59 Å². The van der Waals surface area contributed by atoms with Crippen LogP contribution in [0.3, 0.4) is 0 Å². The highest BCUT2D eigenvalue weighted by Crippen LogP contribution is 2.38. The molecule has 2 unspecified atom stereocenters. The van der Waals surface area contributed by atoms with Crippen LogP contribution in [-0.4, -0.2) is 23.2 Å². The number of hydrogen-bond acceptors (Lipinski definition) is 4. The molecule has 5 heteroatoms. The third-order valence-electron chi connectivity index (χ3n) is 4.47. The van der Waals surface area contributed by atoms with Gasteiger partial charge in [-0.2, -0.15) is 0 Å². The van der Waals surface area contributed by atoms with Gasteiger partial charge in [0, 0.05) is 5.54 Å². The lowest BCUT2D eigenvalue weighted by Crippen LogP contribution is -2.48. The van der Waals surface area contributed by atoms with E-state index in [4.69, 9.17) is 9.47 Å². The Kier molecular flexibility index (Phi) is 6.46. The van der Waals surface area contributed by atoms with Gasteiger partial charge in [0.15, 0.2) is 0 Å². The Morgan fingerprint density at radius 1 is 1.31 bits per heavy atom. The molecule has 5 nitrogen and oxygen atoms in total. The first-order valence-electron chi connectivity index (χ1n) is 9.06. The van der Waals surface area contributed by atoms with E-state index < -0.39 is 17.2 Å². The summed E-state index contributed by atoms with van der Waals surface area (Å²) < 4.78 is 10.8. The maximum Gasteiger partial charge on any atom is 0.408 e. The minimum atomic E-state index is -0.563. The Labute approximate surface area is 155 Å². The summed E-state index contributed by atoms with van der Waals surface area (Å²) in [6.45, 7) is 9.53. The Morgan fingerprint density at radius 2 is 2.00 bits per heavy atom. The number of carbonyl (C=O) groups is 2. The van der Waals surface area contributed by atoms with E-state index in [0.29, 0.717) is 25.7 Å². The predicted molar refractivity (Wildman–Crippen MR) is 100 cm³/mol. The van der Waals surface area contributed by atoms with Crippen molar-refractivity contribution < 1.29 is 19.1 Å². The van der Waals surface area contributed by atoms with Crippen LogP contribution in [0.2, 0.25) is 0 Å². The van der Waals surface area contributed by atoms with Crippen molar-refractivity contribution in [2.75, 3.05) is 0 Å². The molecule has 0 bridgehead atoms. The molecule has 1 amide bonds. The lowest BCUT2D eigenvalue weighted by Gasteiger charge is -2.31. The van der Waals surface area contributed by atoms with Gasteiger partial charge < -0.3 is 14.8 Å². The van der Waals surface area contributed by atoms with E-state index in [1.807, 2.05) is 51.1 Å². The Bertz CT molecular complexity index is 635.